The molecule has 1 aromatic carbocycles. The fourth-order valence-corrected chi connectivity index (χ4v) is 3.06. The Bertz CT molecular complexity index is 786. The van der Waals surface area contributed by atoms with Crippen molar-refractivity contribution in [2.75, 3.05) is 44.2 Å². The van der Waals surface area contributed by atoms with E-state index in [2.05, 4.69) is 21.7 Å². The van der Waals surface area contributed by atoms with Gasteiger partial charge >= 0.3 is 5.69 Å². The van der Waals surface area contributed by atoms with E-state index in [0.717, 1.165) is 37.3 Å². The molecule has 1 aliphatic heterocycles. The first kappa shape index (κ1) is 17.3. The summed E-state index contributed by atoms with van der Waals surface area (Å²) < 4.78 is 6.53. The second-order valence-electron chi connectivity index (χ2n) is 5.98. The summed E-state index contributed by atoms with van der Waals surface area (Å²) in [6, 6.07) is 8.42. The minimum atomic E-state index is -0.426. The highest BCUT2D eigenvalue weighted by atomic mass is 16.5. The van der Waals surface area contributed by atoms with Crippen LogP contribution in [0.2, 0.25) is 0 Å². The Morgan fingerprint density at radius 3 is 2.28 bits per heavy atom. The van der Waals surface area contributed by atoms with E-state index in [1.54, 1.807) is 24.3 Å². The topological polar surface area (TPSA) is 70.6 Å². The van der Waals surface area contributed by atoms with Gasteiger partial charge in [-0.2, -0.15) is 0 Å². The number of aromatic amines is 1. The minimum Gasteiger partial charge on any atom is -0.494 e. The molecular formula is C18H24N4O3. The van der Waals surface area contributed by atoms with Crippen molar-refractivity contribution < 1.29 is 4.74 Å². The number of ether oxygens (including phenoxy) is 1. The van der Waals surface area contributed by atoms with E-state index in [1.165, 1.54) is 6.07 Å². The van der Waals surface area contributed by atoms with Crippen LogP contribution >= 0.6 is 0 Å². The molecule has 7 nitrogen and oxygen atoms in total. The summed E-state index contributed by atoms with van der Waals surface area (Å²) in [6.45, 7) is 9.09. The Kier molecular flexibility index (Phi) is 5.23. The van der Waals surface area contributed by atoms with Crippen molar-refractivity contribution in [2.45, 2.75) is 13.8 Å². The van der Waals surface area contributed by atoms with Crippen molar-refractivity contribution in [2.24, 2.45) is 0 Å². The number of anilines is 1. The quantitative estimate of drug-likeness (QED) is 0.878. The van der Waals surface area contributed by atoms with Crippen LogP contribution in [0.25, 0.3) is 5.69 Å². The maximum Gasteiger partial charge on any atom is 0.334 e. The van der Waals surface area contributed by atoms with Crippen LogP contribution in [0.1, 0.15) is 13.8 Å². The predicted molar refractivity (Wildman–Crippen MR) is 98.2 cm³/mol. The van der Waals surface area contributed by atoms with Gasteiger partial charge < -0.3 is 14.5 Å². The summed E-state index contributed by atoms with van der Waals surface area (Å²) in [6.07, 6.45) is 0. The average molecular weight is 344 g/mol. The van der Waals surface area contributed by atoms with E-state index in [-0.39, 0.29) is 5.56 Å². The molecule has 0 saturated carbocycles. The molecule has 1 aromatic heterocycles. The van der Waals surface area contributed by atoms with Crippen molar-refractivity contribution in [3.63, 3.8) is 0 Å². The van der Waals surface area contributed by atoms with E-state index in [9.17, 15) is 9.59 Å². The number of hydrogen-bond donors (Lipinski definition) is 1. The lowest BCUT2D eigenvalue weighted by Gasteiger charge is -2.34. The first-order chi connectivity index (χ1) is 12.1. The smallest absolute Gasteiger partial charge is 0.334 e. The van der Waals surface area contributed by atoms with Crippen molar-refractivity contribution in [3.05, 3.63) is 51.2 Å². The fourth-order valence-electron chi connectivity index (χ4n) is 3.06. The van der Waals surface area contributed by atoms with Gasteiger partial charge in [0.05, 0.1) is 12.3 Å². The predicted octanol–water partition coefficient (Wildman–Crippen LogP) is 1.07. The lowest BCUT2D eigenvalue weighted by atomic mass is 10.3. The van der Waals surface area contributed by atoms with Gasteiger partial charge in [0, 0.05) is 32.2 Å². The number of likely N-dealkylation sites (N-methyl/N-ethyl adjacent to an activating group) is 1. The highest BCUT2D eigenvalue weighted by Crippen LogP contribution is 2.14. The molecule has 3 rings (SSSR count). The number of piperazine rings is 1. The standard InChI is InChI=1S/C18H24N4O3/c1-3-20-9-11-21(12-10-20)16-13-17(23)22(18(24)19-16)14-5-7-15(8-6-14)25-4-2/h5-8,13H,3-4,9-12H2,1-2H3,(H,19,24). The van der Waals surface area contributed by atoms with Crippen LogP contribution in [-0.4, -0.2) is 53.8 Å². The zero-order valence-electron chi connectivity index (χ0n) is 14.7. The summed E-state index contributed by atoms with van der Waals surface area (Å²) in [5, 5.41) is 0. The number of nitrogens with one attached hydrogen (secondary N) is 1. The zero-order valence-corrected chi connectivity index (χ0v) is 14.7. The largest absolute Gasteiger partial charge is 0.494 e. The molecule has 134 valence electrons. The normalized spacial score (nSPS) is 15.4. The molecule has 2 aromatic rings. The molecule has 0 radical (unpaired) electrons. The van der Waals surface area contributed by atoms with Crippen LogP contribution in [0.4, 0.5) is 5.82 Å². The second kappa shape index (κ2) is 7.57. The maximum absolute atomic E-state index is 12.5. The molecular weight excluding hydrogens is 320 g/mol. The third kappa shape index (κ3) is 3.76. The molecule has 0 amide bonds. The van der Waals surface area contributed by atoms with E-state index in [4.69, 9.17) is 4.74 Å². The molecule has 2 heterocycles. The van der Waals surface area contributed by atoms with E-state index in [1.807, 2.05) is 6.92 Å². The van der Waals surface area contributed by atoms with Gasteiger partial charge in [0.1, 0.15) is 11.6 Å². The lowest BCUT2D eigenvalue weighted by Crippen LogP contribution is -2.47. The number of benzene rings is 1. The SMILES string of the molecule is CCOc1ccc(-n2c(=O)cc(N3CCN(CC)CC3)[nH]c2=O)cc1. The van der Waals surface area contributed by atoms with Gasteiger partial charge in [0.25, 0.3) is 5.56 Å². The number of H-pyrrole nitrogens is 1. The number of hydrogen-bond acceptors (Lipinski definition) is 5. The molecule has 0 unspecified atom stereocenters. The van der Waals surface area contributed by atoms with Gasteiger partial charge in [0.15, 0.2) is 0 Å². The van der Waals surface area contributed by atoms with Gasteiger partial charge in [-0.3, -0.25) is 9.78 Å². The third-order valence-corrected chi connectivity index (χ3v) is 4.48. The van der Waals surface area contributed by atoms with Crippen LogP contribution in [-0.2, 0) is 0 Å². The number of rotatable bonds is 5. The summed E-state index contributed by atoms with van der Waals surface area (Å²) in [5.74, 6) is 1.30. The van der Waals surface area contributed by atoms with Crippen molar-refractivity contribution >= 4 is 5.82 Å². The van der Waals surface area contributed by atoms with Gasteiger partial charge in [-0.1, -0.05) is 6.92 Å². The summed E-state index contributed by atoms with van der Waals surface area (Å²) in [4.78, 5) is 32.2. The van der Waals surface area contributed by atoms with Crippen molar-refractivity contribution in [3.8, 4) is 11.4 Å². The van der Waals surface area contributed by atoms with Crippen LogP contribution in [0.5, 0.6) is 5.75 Å². The molecule has 1 saturated heterocycles. The van der Waals surface area contributed by atoms with E-state index in [0.29, 0.717) is 23.9 Å². The average Bonchev–Trinajstić information content (AvgIpc) is 2.63. The van der Waals surface area contributed by atoms with Gasteiger partial charge in [0.2, 0.25) is 0 Å². The summed E-state index contributed by atoms with van der Waals surface area (Å²) in [5.41, 5.74) is -0.234. The highest BCUT2D eigenvalue weighted by Gasteiger charge is 2.18. The molecule has 1 aliphatic rings. The Balaban J connectivity index is 1.86. The van der Waals surface area contributed by atoms with Crippen LogP contribution in [0, 0.1) is 0 Å². The Labute approximate surface area is 146 Å². The van der Waals surface area contributed by atoms with E-state index >= 15 is 0 Å². The first-order valence-electron chi connectivity index (χ1n) is 8.69. The molecule has 7 heteroatoms. The summed E-state index contributed by atoms with van der Waals surface area (Å²) in [7, 11) is 0. The minimum absolute atomic E-state index is 0.333. The van der Waals surface area contributed by atoms with Gasteiger partial charge in [-0.05, 0) is 37.7 Å². The lowest BCUT2D eigenvalue weighted by molar-refractivity contribution is 0.270. The monoisotopic (exact) mass is 344 g/mol. The number of nitrogens with zero attached hydrogens (tertiary/aromatic N) is 3. The molecule has 0 bridgehead atoms. The van der Waals surface area contributed by atoms with Crippen LogP contribution in [0.15, 0.2) is 39.9 Å². The van der Waals surface area contributed by atoms with Crippen LogP contribution < -0.4 is 20.9 Å². The van der Waals surface area contributed by atoms with Crippen molar-refractivity contribution in [1.82, 2.24) is 14.5 Å². The molecule has 0 atom stereocenters. The van der Waals surface area contributed by atoms with Crippen molar-refractivity contribution in [1.29, 1.82) is 0 Å². The molecule has 0 spiro atoms. The van der Waals surface area contributed by atoms with Gasteiger partial charge in [-0.25, -0.2) is 9.36 Å². The molecule has 25 heavy (non-hydrogen) atoms. The Morgan fingerprint density at radius 1 is 1.04 bits per heavy atom. The maximum atomic E-state index is 12.5. The number of aromatic nitrogens is 2. The molecule has 1 fully saturated rings. The zero-order chi connectivity index (χ0) is 17.8. The first-order valence-corrected chi connectivity index (χ1v) is 8.69. The fraction of sp³-hybridized carbons (Fsp3) is 0.444. The highest BCUT2D eigenvalue weighted by molar-refractivity contribution is 5.41. The summed E-state index contributed by atoms with van der Waals surface area (Å²) >= 11 is 0. The molecule has 0 aliphatic carbocycles. The Morgan fingerprint density at radius 2 is 1.72 bits per heavy atom. The Hall–Kier alpha value is -2.54. The molecule has 1 N–H and O–H groups in total. The second-order valence-corrected chi connectivity index (χ2v) is 5.98. The third-order valence-electron chi connectivity index (χ3n) is 4.48. The van der Waals surface area contributed by atoms with E-state index < -0.39 is 5.69 Å². The van der Waals surface area contributed by atoms with Gasteiger partial charge in [-0.15, -0.1) is 0 Å². The van der Waals surface area contributed by atoms with Crippen LogP contribution in [0.3, 0.4) is 0 Å².